The van der Waals surface area contributed by atoms with Gasteiger partial charge in [0.1, 0.15) is 0 Å². The monoisotopic (exact) mass is 422 g/mol. The molecule has 0 aliphatic carbocycles. The topological polar surface area (TPSA) is 49.4 Å². The molecule has 0 atom stereocenters. The summed E-state index contributed by atoms with van der Waals surface area (Å²) in [5.41, 5.74) is 0.344. The first-order chi connectivity index (χ1) is 13.2. The second kappa shape index (κ2) is 7.76. The Hall–Kier alpha value is -2.65. The maximum atomic E-state index is 12.9. The summed E-state index contributed by atoms with van der Waals surface area (Å²) in [6.45, 7) is 0. The zero-order valence-electron chi connectivity index (χ0n) is 14.4. The largest absolute Gasteiger partial charge is 0.416 e. The highest BCUT2D eigenvalue weighted by molar-refractivity contribution is 8.27. The molecule has 9 heteroatoms. The highest BCUT2D eigenvalue weighted by Crippen LogP contribution is 2.38. The molecule has 0 unspecified atom stereocenters. The predicted molar refractivity (Wildman–Crippen MR) is 107 cm³/mol. The maximum Gasteiger partial charge on any atom is 0.416 e. The summed E-state index contributed by atoms with van der Waals surface area (Å²) in [4.78, 5) is 25.7. The molecule has 1 fully saturated rings. The van der Waals surface area contributed by atoms with Gasteiger partial charge in [-0.2, -0.15) is 13.2 Å². The number of carbonyl (C=O) groups is 2. The molecule has 2 amide bonds. The summed E-state index contributed by atoms with van der Waals surface area (Å²) in [6.07, 6.45) is -2.93. The third-order valence-corrected chi connectivity index (χ3v) is 5.23. The van der Waals surface area contributed by atoms with E-state index in [1.165, 1.54) is 19.2 Å². The van der Waals surface area contributed by atoms with Gasteiger partial charge in [0, 0.05) is 12.6 Å². The van der Waals surface area contributed by atoms with Crippen molar-refractivity contribution in [3.05, 3.63) is 70.1 Å². The van der Waals surface area contributed by atoms with Crippen LogP contribution in [0.15, 0.2) is 53.4 Å². The molecule has 1 aliphatic heterocycles. The number of anilines is 1. The lowest BCUT2D eigenvalue weighted by atomic mass is 10.1. The van der Waals surface area contributed by atoms with Gasteiger partial charge < -0.3 is 5.32 Å². The number of rotatable bonds is 3. The van der Waals surface area contributed by atoms with E-state index in [0.29, 0.717) is 11.1 Å². The van der Waals surface area contributed by atoms with Crippen LogP contribution in [0.1, 0.15) is 21.5 Å². The first-order valence-electron chi connectivity index (χ1n) is 7.98. The van der Waals surface area contributed by atoms with Crippen molar-refractivity contribution in [3.8, 4) is 0 Å². The van der Waals surface area contributed by atoms with Crippen LogP contribution in [0.25, 0.3) is 6.08 Å². The third-order valence-electron chi connectivity index (χ3n) is 3.92. The maximum absolute atomic E-state index is 12.9. The zero-order valence-corrected chi connectivity index (χ0v) is 16.0. The summed E-state index contributed by atoms with van der Waals surface area (Å²) in [5.74, 6) is -0.730. The van der Waals surface area contributed by atoms with E-state index < -0.39 is 17.6 Å². The smallest absolute Gasteiger partial charge is 0.355 e. The van der Waals surface area contributed by atoms with E-state index in [-0.39, 0.29) is 20.8 Å². The highest BCUT2D eigenvalue weighted by atomic mass is 32.2. The number of halogens is 3. The van der Waals surface area contributed by atoms with Crippen LogP contribution in [-0.2, 0) is 11.0 Å². The molecule has 1 saturated heterocycles. The fourth-order valence-corrected chi connectivity index (χ4v) is 3.84. The van der Waals surface area contributed by atoms with Gasteiger partial charge in [-0.1, -0.05) is 42.2 Å². The van der Waals surface area contributed by atoms with Crippen molar-refractivity contribution in [1.82, 2.24) is 5.32 Å². The van der Waals surface area contributed by atoms with E-state index in [2.05, 4.69) is 5.32 Å². The van der Waals surface area contributed by atoms with Crippen molar-refractivity contribution in [2.45, 2.75) is 6.18 Å². The van der Waals surface area contributed by atoms with Crippen LogP contribution in [0.4, 0.5) is 18.9 Å². The molecule has 0 aromatic heterocycles. The summed E-state index contributed by atoms with van der Waals surface area (Å²) in [5, 5.41) is 2.51. The van der Waals surface area contributed by atoms with E-state index in [4.69, 9.17) is 12.2 Å². The van der Waals surface area contributed by atoms with Crippen molar-refractivity contribution in [1.29, 1.82) is 0 Å². The molecule has 2 aromatic carbocycles. The van der Waals surface area contributed by atoms with Gasteiger partial charge in [-0.3, -0.25) is 14.5 Å². The molecule has 1 N–H and O–H groups in total. The van der Waals surface area contributed by atoms with Gasteiger partial charge in [0.2, 0.25) is 0 Å². The van der Waals surface area contributed by atoms with Crippen LogP contribution in [0.5, 0.6) is 0 Å². The summed E-state index contributed by atoms with van der Waals surface area (Å²) >= 11 is 6.20. The molecule has 1 aliphatic rings. The van der Waals surface area contributed by atoms with Crippen LogP contribution < -0.4 is 10.2 Å². The van der Waals surface area contributed by atoms with Crippen LogP contribution in [0.3, 0.4) is 0 Å². The van der Waals surface area contributed by atoms with Crippen molar-refractivity contribution in [2.24, 2.45) is 0 Å². The average Bonchev–Trinajstić information content (AvgIpc) is 2.94. The third kappa shape index (κ3) is 4.10. The Morgan fingerprint density at radius 3 is 2.46 bits per heavy atom. The lowest BCUT2D eigenvalue weighted by Gasteiger charge is -2.16. The van der Waals surface area contributed by atoms with Crippen molar-refractivity contribution in [3.63, 3.8) is 0 Å². The second-order valence-corrected chi connectivity index (χ2v) is 7.44. The minimum Gasteiger partial charge on any atom is -0.355 e. The van der Waals surface area contributed by atoms with Gasteiger partial charge in [0.25, 0.3) is 11.8 Å². The number of nitrogens with one attached hydrogen (secondary N) is 1. The average molecular weight is 422 g/mol. The molecule has 3 rings (SSSR count). The molecule has 0 saturated carbocycles. The Morgan fingerprint density at radius 1 is 1.18 bits per heavy atom. The first kappa shape index (κ1) is 20.1. The van der Waals surface area contributed by atoms with E-state index in [0.717, 1.165) is 28.8 Å². The molecule has 28 heavy (non-hydrogen) atoms. The van der Waals surface area contributed by atoms with Gasteiger partial charge in [-0.25, -0.2) is 0 Å². The van der Waals surface area contributed by atoms with Gasteiger partial charge >= 0.3 is 6.18 Å². The number of hydrogen-bond donors (Lipinski definition) is 1. The van der Waals surface area contributed by atoms with Crippen LogP contribution >= 0.6 is 24.0 Å². The van der Waals surface area contributed by atoms with Crippen molar-refractivity contribution in [2.75, 3.05) is 11.9 Å². The van der Waals surface area contributed by atoms with Gasteiger partial charge in [0.15, 0.2) is 4.32 Å². The summed E-state index contributed by atoms with van der Waals surface area (Å²) < 4.78 is 39.0. The molecular weight excluding hydrogens is 409 g/mol. The second-order valence-electron chi connectivity index (χ2n) is 5.77. The minimum absolute atomic E-state index is 0.0655. The quantitative estimate of drug-likeness (QED) is 0.586. The molecular formula is C19H13F3N2O2S2. The fraction of sp³-hybridized carbons (Fsp3) is 0.105. The Labute approximate surface area is 168 Å². The van der Waals surface area contributed by atoms with E-state index in [1.54, 1.807) is 30.3 Å². The van der Waals surface area contributed by atoms with E-state index in [9.17, 15) is 22.8 Å². The number of carbonyl (C=O) groups excluding carboxylic acids is 2. The number of benzene rings is 2. The minimum atomic E-state index is -4.52. The summed E-state index contributed by atoms with van der Waals surface area (Å²) in [6, 6.07) is 11.0. The predicted octanol–water partition coefficient (Wildman–Crippen LogP) is 4.47. The van der Waals surface area contributed by atoms with E-state index in [1.807, 2.05) is 0 Å². The Bertz CT molecular complexity index is 985. The molecule has 0 spiro atoms. The standard InChI is InChI=1S/C19H13F3N2O2S2/c1-23-16(25)12-7-5-11(6-8-12)9-15-17(26)24(18(27)28-15)14-4-2-3-13(10-14)19(20,21)22/h2-10H,1H3,(H,23,25)/b15-9-. The van der Waals surface area contributed by atoms with Crippen LogP contribution in [0, 0.1) is 0 Å². The zero-order chi connectivity index (χ0) is 20.5. The Balaban J connectivity index is 1.88. The van der Waals surface area contributed by atoms with E-state index >= 15 is 0 Å². The molecule has 1 heterocycles. The number of thioether (sulfide) groups is 1. The Morgan fingerprint density at radius 2 is 1.86 bits per heavy atom. The van der Waals surface area contributed by atoms with Crippen LogP contribution in [0.2, 0.25) is 0 Å². The summed E-state index contributed by atoms with van der Waals surface area (Å²) in [7, 11) is 1.52. The SMILES string of the molecule is CNC(=O)c1ccc(/C=C2\SC(=S)N(c3cccc(C(F)(F)F)c3)C2=O)cc1. The van der Waals surface area contributed by atoms with Gasteiger partial charge in [-0.15, -0.1) is 0 Å². The number of nitrogens with zero attached hydrogens (tertiary/aromatic N) is 1. The first-order valence-corrected chi connectivity index (χ1v) is 9.20. The molecule has 144 valence electrons. The van der Waals surface area contributed by atoms with Gasteiger partial charge in [-0.05, 0) is 42.0 Å². The molecule has 4 nitrogen and oxygen atoms in total. The van der Waals surface area contributed by atoms with Crippen molar-refractivity contribution < 1.29 is 22.8 Å². The van der Waals surface area contributed by atoms with Crippen LogP contribution in [-0.4, -0.2) is 23.2 Å². The highest BCUT2D eigenvalue weighted by Gasteiger charge is 2.36. The molecule has 0 bridgehead atoms. The molecule has 2 aromatic rings. The fourth-order valence-electron chi connectivity index (χ4n) is 2.54. The number of hydrogen-bond acceptors (Lipinski definition) is 4. The normalized spacial score (nSPS) is 16.0. The van der Waals surface area contributed by atoms with Crippen molar-refractivity contribution >= 4 is 51.9 Å². The number of thiocarbonyl (C=S) groups is 1. The molecule has 0 radical (unpaired) electrons. The lowest BCUT2D eigenvalue weighted by Crippen LogP contribution is -2.27. The number of alkyl halides is 3. The Kier molecular flexibility index (Phi) is 5.57. The number of amides is 2. The van der Waals surface area contributed by atoms with Gasteiger partial charge in [0.05, 0.1) is 16.2 Å². The lowest BCUT2D eigenvalue weighted by molar-refractivity contribution is -0.137.